The first-order valence-corrected chi connectivity index (χ1v) is 14.2. The monoisotopic (exact) mass is 581 g/mol. The topological polar surface area (TPSA) is 121 Å². The number of halogens is 2. The van der Waals surface area contributed by atoms with Crippen LogP contribution in [0, 0.1) is 18.6 Å². The van der Waals surface area contributed by atoms with Gasteiger partial charge in [0, 0.05) is 43.7 Å². The number of carbonyl (C=O) groups excluding carboxylic acids is 2. The standard InChI is InChI=1S/C31H37F2N5O4/c1-19-11-20(16-34-15-19)29(2,3)35-27(39)14-31(17-38(18-31)22-7-9-30(4,41)10-8-22)36-28(40)25-13-26(42-37-25)23-6-5-21(32)12-24(23)33/h5-6,11-13,15-16,22,41H,7-10,14,17-18H2,1-4H3,(H,35,39)(H,36,40). The van der Waals surface area contributed by atoms with Crippen LogP contribution in [0.25, 0.3) is 11.3 Å². The van der Waals surface area contributed by atoms with Crippen LogP contribution < -0.4 is 10.6 Å². The predicted octanol–water partition coefficient (Wildman–Crippen LogP) is 4.24. The molecule has 1 saturated carbocycles. The number of amides is 2. The van der Waals surface area contributed by atoms with Gasteiger partial charge in [0.05, 0.1) is 28.7 Å². The van der Waals surface area contributed by atoms with Gasteiger partial charge in [0.1, 0.15) is 11.6 Å². The molecule has 3 N–H and O–H groups in total. The Morgan fingerprint density at radius 2 is 1.86 bits per heavy atom. The number of nitrogens with zero attached hydrogens (tertiary/aromatic N) is 3. The molecule has 0 bridgehead atoms. The first kappa shape index (κ1) is 29.8. The van der Waals surface area contributed by atoms with Crippen LogP contribution in [0.4, 0.5) is 8.78 Å². The summed E-state index contributed by atoms with van der Waals surface area (Å²) in [5.74, 6) is -2.37. The van der Waals surface area contributed by atoms with Crippen LogP contribution >= 0.6 is 0 Å². The summed E-state index contributed by atoms with van der Waals surface area (Å²) in [4.78, 5) is 33.3. The molecule has 1 aliphatic carbocycles. The predicted molar refractivity (Wildman–Crippen MR) is 151 cm³/mol. The summed E-state index contributed by atoms with van der Waals surface area (Å²) in [6.45, 7) is 8.49. The molecule has 5 rings (SSSR count). The Kier molecular flexibility index (Phi) is 7.93. The molecule has 0 spiro atoms. The molecule has 2 fully saturated rings. The zero-order valence-electron chi connectivity index (χ0n) is 24.3. The lowest BCUT2D eigenvalue weighted by Gasteiger charge is -2.54. The van der Waals surface area contributed by atoms with Crippen LogP contribution in [-0.2, 0) is 10.3 Å². The van der Waals surface area contributed by atoms with Crippen molar-refractivity contribution in [1.29, 1.82) is 0 Å². The highest BCUT2D eigenvalue weighted by Gasteiger charge is 2.49. The van der Waals surface area contributed by atoms with E-state index < -0.39 is 34.2 Å². The van der Waals surface area contributed by atoms with E-state index in [2.05, 4.69) is 25.7 Å². The van der Waals surface area contributed by atoms with Gasteiger partial charge in [-0.3, -0.25) is 19.5 Å². The molecular formula is C31H37F2N5O4. The highest BCUT2D eigenvalue weighted by molar-refractivity contribution is 5.94. The summed E-state index contributed by atoms with van der Waals surface area (Å²) in [6.07, 6.45) is 6.53. The van der Waals surface area contributed by atoms with E-state index in [1.165, 1.54) is 12.1 Å². The first-order chi connectivity index (χ1) is 19.7. The Labute approximate surface area is 243 Å². The second kappa shape index (κ2) is 11.2. The highest BCUT2D eigenvalue weighted by atomic mass is 19.1. The minimum atomic E-state index is -0.873. The third-order valence-electron chi connectivity index (χ3n) is 8.43. The Bertz CT molecular complexity index is 1470. The van der Waals surface area contributed by atoms with E-state index in [0.717, 1.165) is 36.1 Å². The summed E-state index contributed by atoms with van der Waals surface area (Å²) < 4.78 is 32.8. The molecule has 2 aliphatic rings. The van der Waals surface area contributed by atoms with Gasteiger partial charge in [-0.2, -0.15) is 0 Å². The molecule has 3 aromatic rings. The van der Waals surface area contributed by atoms with Crippen molar-refractivity contribution in [2.45, 2.75) is 82.5 Å². The maximum atomic E-state index is 14.3. The number of nitrogens with one attached hydrogen (secondary N) is 2. The first-order valence-electron chi connectivity index (χ1n) is 14.2. The molecule has 42 heavy (non-hydrogen) atoms. The zero-order valence-corrected chi connectivity index (χ0v) is 24.3. The molecule has 0 radical (unpaired) electrons. The van der Waals surface area contributed by atoms with Gasteiger partial charge in [-0.15, -0.1) is 0 Å². The third-order valence-corrected chi connectivity index (χ3v) is 8.43. The van der Waals surface area contributed by atoms with Crippen LogP contribution in [0.2, 0.25) is 0 Å². The van der Waals surface area contributed by atoms with Gasteiger partial charge < -0.3 is 20.3 Å². The highest BCUT2D eigenvalue weighted by Crippen LogP contribution is 2.36. The average Bonchev–Trinajstić information content (AvgIpc) is 3.37. The smallest absolute Gasteiger partial charge is 0.274 e. The Balaban J connectivity index is 1.31. The van der Waals surface area contributed by atoms with Crippen LogP contribution in [0.3, 0.4) is 0 Å². The largest absolute Gasteiger partial charge is 0.390 e. The number of likely N-dealkylation sites (tertiary alicyclic amines) is 1. The second-order valence-electron chi connectivity index (χ2n) is 12.7. The molecule has 9 nitrogen and oxygen atoms in total. The number of carbonyl (C=O) groups is 2. The van der Waals surface area contributed by atoms with Crippen molar-refractivity contribution in [1.82, 2.24) is 25.7 Å². The maximum absolute atomic E-state index is 14.3. The lowest BCUT2D eigenvalue weighted by Crippen LogP contribution is -2.73. The van der Waals surface area contributed by atoms with Crippen LogP contribution in [-0.4, -0.2) is 62.2 Å². The number of aliphatic hydroxyl groups is 1. The fourth-order valence-corrected chi connectivity index (χ4v) is 5.99. The summed E-state index contributed by atoms with van der Waals surface area (Å²) in [5.41, 5.74) is -0.492. The van der Waals surface area contributed by atoms with E-state index >= 15 is 0 Å². The van der Waals surface area contributed by atoms with Crippen LogP contribution in [0.1, 0.15) is 74.5 Å². The van der Waals surface area contributed by atoms with Crippen molar-refractivity contribution >= 4 is 11.8 Å². The number of hydrogen-bond donors (Lipinski definition) is 3. The van der Waals surface area contributed by atoms with E-state index in [1.54, 1.807) is 12.4 Å². The van der Waals surface area contributed by atoms with E-state index in [0.29, 0.717) is 25.9 Å². The van der Waals surface area contributed by atoms with E-state index in [9.17, 15) is 23.5 Å². The minimum Gasteiger partial charge on any atom is -0.390 e. The SMILES string of the molecule is Cc1cncc(C(C)(C)NC(=O)CC2(NC(=O)c3cc(-c4ccc(F)cc4F)on3)CN(C3CCC(C)(O)CC3)C2)c1. The molecule has 1 saturated heterocycles. The molecule has 1 aliphatic heterocycles. The Morgan fingerprint density at radius 1 is 1.14 bits per heavy atom. The molecule has 224 valence electrons. The van der Waals surface area contributed by atoms with Gasteiger partial charge in [-0.1, -0.05) is 11.2 Å². The molecule has 1 aromatic carbocycles. The number of aryl methyl sites for hydroxylation is 1. The molecule has 11 heteroatoms. The Morgan fingerprint density at radius 3 is 2.52 bits per heavy atom. The quantitative estimate of drug-likeness (QED) is 0.364. The van der Waals surface area contributed by atoms with Gasteiger partial charge in [-0.05, 0) is 76.6 Å². The normalized spacial score (nSPS) is 22.3. The third kappa shape index (κ3) is 6.52. The fourth-order valence-electron chi connectivity index (χ4n) is 5.99. The lowest BCUT2D eigenvalue weighted by atomic mass is 9.78. The number of benzene rings is 1. The molecule has 0 atom stereocenters. The number of aromatic nitrogens is 2. The van der Waals surface area contributed by atoms with Gasteiger partial charge in [0.15, 0.2) is 11.5 Å². The molecule has 2 aromatic heterocycles. The van der Waals surface area contributed by atoms with Crippen LogP contribution in [0.15, 0.2) is 47.2 Å². The minimum absolute atomic E-state index is 0.0116. The van der Waals surface area contributed by atoms with Crippen molar-refractivity contribution < 1.29 is 28.0 Å². The summed E-state index contributed by atoms with van der Waals surface area (Å²) in [5, 5.41) is 20.3. The van der Waals surface area contributed by atoms with E-state index in [4.69, 9.17) is 4.52 Å². The van der Waals surface area contributed by atoms with Gasteiger partial charge in [0.25, 0.3) is 5.91 Å². The fraction of sp³-hybridized carbons (Fsp3) is 0.484. The van der Waals surface area contributed by atoms with Gasteiger partial charge in [-0.25, -0.2) is 8.78 Å². The molecule has 0 unspecified atom stereocenters. The van der Waals surface area contributed by atoms with Gasteiger partial charge >= 0.3 is 0 Å². The maximum Gasteiger partial charge on any atom is 0.274 e. The van der Waals surface area contributed by atoms with Gasteiger partial charge in [0.2, 0.25) is 5.91 Å². The van der Waals surface area contributed by atoms with Crippen molar-refractivity contribution in [3.63, 3.8) is 0 Å². The zero-order chi connectivity index (χ0) is 30.3. The molecule has 3 heterocycles. The molecule has 2 amide bonds. The average molecular weight is 582 g/mol. The second-order valence-corrected chi connectivity index (χ2v) is 12.7. The molecular weight excluding hydrogens is 544 g/mol. The summed E-state index contributed by atoms with van der Waals surface area (Å²) in [7, 11) is 0. The Hall–Kier alpha value is -3.70. The van der Waals surface area contributed by atoms with Crippen molar-refractivity contribution in [3.8, 4) is 11.3 Å². The van der Waals surface area contributed by atoms with E-state index in [1.807, 2.05) is 33.8 Å². The number of pyridine rings is 1. The lowest BCUT2D eigenvalue weighted by molar-refractivity contribution is -0.127. The van der Waals surface area contributed by atoms with Crippen molar-refractivity contribution in [3.05, 3.63) is 71.2 Å². The summed E-state index contributed by atoms with van der Waals surface area (Å²) in [6, 6.07) is 6.55. The summed E-state index contributed by atoms with van der Waals surface area (Å²) >= 11 is 0. The van der Waals surface area contributed by atoms with Crippen LogP contribution in [0.5, 0.6) is 0 Å². The number of hydrogen-bond acceptors (Lipinski definition) is 7. The van der Waals surface area contributed by atoms with Crippen molar-refractivity contribution in [2.24, 2.45) is 0 Å². The van der Waals surface area contributed by atoms with E-state index in [-0.39, 0.29) is 35.4 Å². The van der Waals surface area contributed by atoms with Crippen molar-refractivity contribution in [2.75, 3.05) is 13.1 Å². The number of rotatable bonds is 8.